The Kier molecular flexibility index (Phi) is 5.02. The molecule has 0 fully saturated rings. The molecular formula is C17H17NOS. The normalized spacial score (nSPS) is 9.90. The molecule has 0 unspecified atom stereocenters. The van der Waals surface area contributed by atoms with Crippen LogP contribution in [0.1, 0.15) is 13.8 Å². The van der Waals surface area contributed by atoms with E-state index in [1.807, 2.05) is 74.5 Å². The maximum Gasteiger partial charge on any atom is 0.262 e. The van der Waals surface area contributed by atoms with E-state index in [0.717, 1.165) is 21.1 Å². The van der Waals surface area contributed by atoms with Crippen LogP contribution in [0.2, 0.25) is 0 Å². The number of anilines is 1. The van der Waals surface area contributed by atoms with E-state index in [1.54, 1.807) is 0 Å². The predicted octanol–water partition coefficient (Wildman–Crippen LogP) is 4.71. The molecule has 1 amide bonds. The maximum absolute atomic E-state index is 12.4. The Morgan fingerprint density at radius 3 is 2.00 bits per heavy atom. The second-order valence-electron chi connectivity index (χ2n) is 4.56. The van der Waals surface area contributed by atoms with Gasteiger partial charge in [0.05, 0.1) is 4.91 Å². The molecule has 0 radical (unpaired) electrons. The van der Waals surface area contributed by atoms with E-state index in [-0.39, 0.29) is 5.91 Å². The van der Waals surface area contributed by atoms with Gasteiger partial charge in [-0.05, 0) is 38.1 Å². The highest BCUT2D eigenvalue weighted by molar-refractivity contribution is 8.04. The molecule has 0 aliphatic rings. The van der Waals surface area contributed by atoms with Crippen LogP contribution >= 0.6 is 11.8 Å². The summed E-state index contributed by atoms with van der Waals surface area (Å²) in [5.41, 5.74) is 1.82. The zero-order valence-electron chi connectivity index (χ0n) is 11.6. The molecule has 0 aliphatic carbocycles. The van der Waals surface area contributed by atoms with E-state index in [1.165, 1.54) is 11.8 Å². The summed E-state index contributed by atoms with van der Waals surface area (Å²) in [6, 6.07) is 19.4. The van der Waals surface area contributed by atoms with Gasteiger partial charge in [-0.3, -0.25) is 4.79 Å². The first-order valence-corrected chi connectivity index (χ1v) is 7.25. The Balaban J connectivity index is 2.14. The zero-order chi connectivity index (χ0) is 14.4. The number of nitrogens with one attached hydrogen (secondary N) is 1. The van der Waals surface area contributed by atoms with Gasteiger partial charge in [0.25, 0.3) is 5.91 Å². The number of amides is 1. The first-order valence-electron chi connectivity index (χ1n) is 6.43. The molecule has 0 atom stereocenters. The summed E-state index contributed by atoms with van der Waals surface area (Å²) < 4.78 is 0. The quantitative estimate of drug-likeness (QED) is 0.650. The fourth-order valence-corrected chi connectivity index (χ4v) is 2.57. The highest BCUT2D eigenvalue weighted by Gasteiger charge is 2.13. The van der Waals surface area contributed by atoms with Gasteiger partial charge in [-0.1, -0.05) is 53.7 Å². The van der Waals surface area contributed by atoms with Crippen LogP contribution < -0.4 is 5.32 Å². The zero-order valence-corrected chi connectivity index (χ0v) is 12.4. The van der Waals surface area contributed by atoms with Crippen molar-refractivity contribution in [2.24, 2.45) is 0 Å². The van der Waals surface area contributed by atoms with Crippen LogP contribution in [0.5, 0.6) is 0 Å². The highest BCUT2D eigenvalue weighted by atomic mass is 32.2. The molecule has 0 bridgehead atoms. The molecule has 0 spiro atoms. The van der Waals surface area contributed by atoms with E-state index in [4.69, 9.17) is 0 Å². The van der Waals surface area contributed by atoms with Crippen molar-refractivity contribution in [2.75, 3.05) is 5.32 Å². The van der Waals surface area contributed by atoms with Crippen molar-refractivity contribution in [3.05, 3.63) is 71.1 Å². The summed E-state index contributed by atoms with van der Waals surface area (Å²) in [6.45, 7) is 3.91. The van der Waals surface area contributed by atoms with Gasteiger partial charge in [0.2, 0.25) is 0 Å². The molecule has 2 nitrogen and oxygen atoms in total. The third kappa shape index (κ3) is 4.00. The summed E-state index contributed by atoms with van der Waals surface area (Å²) in [5, 5.41) is 2.93. The summed E-state index contributed by atoms with van der Waals surface area (Å²) >= 11 is 1.49. The number of benzene rings is 2. The summed E-state index contributed by atoms with van der Waals surface area (Å²) in [7, 11) is 0. The van der Waals surface area contributed by atoms with Crippen LogP contribution in [0.15, 0.2) is 76.0 Å². The molecule has 102 valence electrons. The van der Waals surface area contributed by atoms with Gasteiger partial charge >= 0.3 is 0 Å². The molecule has 2 aromatic carbocycles. The Hall–Kier alpha value is -2.00. The lowest BCUT2D eigenvalue weighted by Crippen LogP contribution is -2.13. The Morgan fingerprint density at radius 1 is 0.900 bits per heavy atom. The van der Waals surface area contributed by atoms with Crippen LogP contribution in [0.3, 0.4) is 0 Å². The van der Waals surface area contributed by atoms with E-state index < -0.39 is 0 Å². The van der Waals surface area contributed by atoms with Gasteiger partial charge < -0.3 is 5.32 Å². The van der Waals surface area contributed by atoms with Gasteiger partial charge in [0.15, 0.2) is 0 Å². The third-order valence-electron chi connectivity index (χ3n) is 2.66. The number of thioether (sulfide) groups is 1. The van der Waals surface area contributed by atoms with Gasteiger partial charge in [0.1, 0.15) is 0 Å². The minimum Gasteiger partial charge on any atom is -0.322 e. The number of hydrogen-bond acceptors (Lipinski definition) is 2. The lowest BCUT2D eigenvalue weighted by atomic mass is 10.3. The molecule has 2 aromatic rings. The lowest BCUT2D eigenvalue weighted by molar-refractivity contribution is -0.112. The van der Waals surface area contributed by atoms with Crippen LogP contribution in [0.4, 0.5) is 5.69 Å². The molecular weight excluding hydrogens is 266 g/mol. The van der Waals surface area contributed by atoms with Crippen LogP contribution in [-0.2, 0) is 4.79 Å². The number of carbonyl (C=O) groups excluding carboxylic acids is 1. The number of allylic oxidation sites excluding steroid dienone is 1. The van der Waals surface area contributed by atoms with E-state index in [0.29, 0.717) is 0 Å². The van der Waals surface area contributed by atoms with Crippen LogP contribution in [-0.4, -0.2) is 5.91 Å². The number of hydrogen-bond donors (Lipinski definition) is 1. The standard InChI is InChI=1S/C17H17NOS/c1-13(2)16(20-15-11-7-4-8-12-15)17(19)18-14-9-5-3-6-10-14/h3-12H,1-2H3,(H,18,19). The van der Waals surface area contributed by atoms with Crippen molar-refractivity contribution in [2.45, 2.75) is 18.7 Å². The molecule has 0 aromatic heterocycles. The number of para-hydroxylation sites is 1. The predicted molar refractivity (Wildman–Crippen MR) is 85.7 cm³/mol. The van der Waals surface area contributed by atoms with E-state index >= 15 is 0 Å². The average Bonchev–Trinajstić information content (AvgIpc) is 2.46. The second kappa shape index (κ2) is 6.96. The van der Waals surface area contributed by atoms with Gasteiger partial charge in [-0.2, -0.15) is 0 Å². The molecule has 0 heterocycles. The van der Waals surface area contributed by atoms with Crippen LogP contribution in [0.25, 0.3) is 0 Å². The van der Waals surface area contributed by atoms with Crippen molar-refractivity contribution < 1.29 is 4.79 Å². The molecule has 2 rings (SSSR count). The summed E-state index contributed by atoms with van der Waals surface area (Å²) in [6.07, 6.45) is 0. The molecule has 0 aliphatic heterocycles. The van der Waals surface area contributed by atoms with Gasteiger partial charge in [-0.15, -0.1) is 0 Å². The number of rotatable bonds is 4. The SMILES string of the molecule is CC(C)=C(Sc1ccccc1)C(=O)Nc1ccccc1. The minimum absolute atomic E-state index is 0.0648. The Morgan fingerprint density at radius 2 is 1.45 bits per heavy atom. The molecule has 3 heteroatoms. The largest absolute Gasteiger partial charge is 0.322 e. The molecule has 20 heavy (non-hydrogen) atoms. The van der Waals surface area contributed by atoms with Crippen molar-refractivity contribution in [3.63, 3.8) is 0 Å². The molecule has 0 saturated heterocycles. The first kappa shape index (κ1) is 14.4. The topological polar surface area (TPSA) is 29.1 Å². The highest BCUT2D eigenvalue weighted by Crippen LogP contribution is 2.29. The van der Waals surface area contributed by atoms with Crippen molar-refractivity contribution in [1.82, 2.24) is 0 Å². The van der Waals surface area contributed by atoms with Crippen molar-refractivity contribution in [3.8, 4) is 0 Å². The average molecular weight is 283 g/mol. The first-order chi connectivity index (χ1) is 9.66. The minimum atomic E-state index is -0.0648. The maximum atomic E-state index is 12.4. The smallest absolute Gasteiger partial charge is 0.262 e. The van der Waals surface area contributed by atoms with Crippen molar-refractivity contribution >= 4 is 23.4 Å². The Labute approximate surface area is 123 Å². The second-order valence-corrected chi connectivity index (χ2v) is 5.65. The molecule has 0 saturated carbocycles. The van der Waals surface area contributed by atoms with Crippen LogP contribution in [0, 0.1) is 0 Å². The number of carbonyl (C=O) groups is 1. The summed E-state index contributed by atoms with van der Waals surface area (Å²) in [4.78, 5) is 14.2. The van der Waals surface area contributed by atoms with Gasteiger partial charge in [-0.25, -0.2) is 0 Å². The monoisotopic (exact) mass is 283 g/mol. The Bertz CT molecular complexity index is 601. The van der Waals surface area contributed by atoms with Gasteiger partial charge in [0, 0.05) is 10.6 Å². The van der Waals surface area contributed by atoms with E-state index in [2.05, 4.69) is 5.32 Å². The fraction of sp³-hybridized carbons (Fsp3) is 0.118. The molecule has 1 N–H and O–H groups in total. The third-order valence-corrected chi connectivity index (χ3v) is 3.96. The van der Waals surface area contributed by atoms with E-state index in [9.17, 15) is 4.79 Å². The lowest BCUT2D eigenvalue weighted by Gasteiger charge is -2.10. The fourth-order valence-electron chi connectivity index (χ4n) is 1.69. The van der Waals surface area contributed by atoms with Crippen molar-refractivity contribution in [1.29, 1.82) is 0 Å². The summed E-state index contributed by atoms with van der Waals surface area (Å²) in [5.74, 6) is -0.0648.